The number of aromatic nitrogens is 1. The normalized spacial score (nSPS) is 19.8. The van der Waals surface area contributed by atoms with Gasteiger partial charge in [0, 0.05) is 41.7 Å². The van der Waals surface area contributed by atoms with Gasteiger partial charge in [0.15, 0.2) is 0 Å². The van der Waals surface area contributed by atoms with Gasteiger partial charge in [0.05, 0.1) is 19.8 Å². The second kappa shape index (κ2) is 5.65. The Morgan fingerprint density at radius 2 is 2.33 bits per heavy atom. The number of hydrogen-bond donors (Lipinski definition) is 0. The lowest BCUT2D eigenvalue weighted by Gasteiger charge is -2.15. The van der Waals surface area contributed by atoms with E-state index in [-0.39, 0.29) is 0 Å². The van der Waals surface area contributed by atoms with E-state index in [0.29, 0.717) is 11.1 Å². The van der Waals surface area contributed by atoms with Gasteiger partial charge in [-0.05, 0) is 23.8 Å². The molecule has 0 amide bonds. The van der Waals surface area contributed by atoms with Crippen LogP contribution in [0.3, 0.4) is 0 Å². The molecule has 1 atom stereocenters. The number of rotatable bonds is 4. The maximum absolute atomic E-state index is 6.01. The van der Waals surface area contributed by atoms with Crippen LogP contribution in [-0.2, 0) is 11.3 Å². The summed E-state index contributed by atoms with van der Waals surface area (Å²) in [5.41, 5.74) is 2.25. The summed E-state index contributed by atoms with van der Waals surface area (Å²) in [6.45, 7) is 3.43. The first-order chi connectivity index (χ1) is 11.8. The highest BCUT2D eigenvalue weighted by molar-refractivity contribution is 7.11. The first-order valence-corrected chi connectivity index (χ1v) is 8.84. The lowest BCUT2D eigenvalue weighted by atomic mass is 10.1. The SMILES string of the molecule is C1=C2COCC2CN1Cc1cc2ccc(Oc3nccs3)cc2o1. The Hall–Kier alpha value is -2.31. The van der Waals surface area contributed by atoms with E-state index in [0.717, 1.165) is 48.8 Å². The van der Waals surface area contributed by atoms with E-state index >= 15 is 0 Å². The van der Waals surface area contributed by atoms with Crippen molar-refractivity contribution in [2.24, 2.45) is 5.92 Å². The minimum atomic E-state index is 0.563. The van der Waals surface area contributed by atoms with Gasteiger partial charge in [0.25, 0.3) is 5.19 Å². The molecule has 5 nitrogen and oxygen atoms in total. The fraction of sp³-hybridized carbons (Fsp3) is 0.278. The maximum Gasteiger partial charge on any atom is 0.278 e. The molecule has 3 aromatic rings. The molecule has 5 rings (SSSR count). The molecule has 122 valence electrons. The van der Waals surface area contributed by atoms with Gasteiger partial charge in [-0.1, -0.05) is 11.3 Å². The molecule has 0 N–H and O–H groups in total. The number of thiazole rings is 1. The van der Waals surface area contributed by atoms with Crippen LogP contribution in [-0.4, -0.2) is 29.6 Å². The van der Waals surface area contributed by atoms with Crippen molar-refractivity contribution in [3.05, 3.63) is 53.4 Å². The first kappa shape index (κ1) is 14.1. The average Bonchev–Trinajstić information content (AvgIpc) is 3.30. The third-order valence-corrected chi connectivity index (χ3v) is 5.08. The van der Waals surface area contributed by atoms with Crippen molar-refractivity contribution >= 4 is 22.3 Å². The summed E-state index contributed by atoms with van der Waals surface area (Å²) in [7, 11) is 0. The van der Waals surface area contributed by atoms with E-state index in [2.05, 4.69) is 22.2 Å². The summed E-state index contributed by atoms with van der Waals surface area (Å²) in [6.07, 6.45) is 3.95. The molecule has 24 heavy (non-hydrogen) atoms. The molecular weight excluding hydrogens is 324 g/mol. The second-order valence-electron chi connectivity index (χ2n) is 6.16. The molecule has 0 radical (unpaired) electrons. The molecule has 2 aliphatic heterocycles. The summed E-state index contributed by atoms with van der Waals surface area (Å²) in [4.78, 5) is 6.45. The Morgan fingerprint density at radius 1 is 1.33 bits per heavy atom. The highest BCUT2D eigenvalue weighted by Gasteiger charge is 2.29. The summed E-state index contributed by atoms with van der Waals surface area (Å²) in [5.74, 6) is 2.27. The van der Waals surface area contributed by atoms with Gasteiger partial charge >= 0.3 is 0 Å². The van der Waals surface area contributed by atoms with Crippen LogP contribution in [0.1, 0.15) is 5.76 Å². The second-order valence-corrected chi connectivity index (χ2v) is 7.02. The van der Waals surface area contributed by atoms with Crippen LogP contribution in [0.15, 0.2) is 52.0 Å². The summed E-state index contributed by atoms with van der Waals surface area (Å²) in [6, 6.07) is 8.00. The van der Waals surface area contributed by atoms with E-state index in [1.54, 1.807) is 6.20 Å². The zero-order valence-corrected chi connectivity index (χ0v) is 13.8. The van der Waals surface area contributed by atoms with Gasteiger partial charge in [0.1, 0.15) is 17.1 Å². The fourth-order valence-corrected chi connectivity index (χ4v) is 3.81. The smallest absolute Gasteiger partial charge is 0.278 e. The van der Waals surface area contributed by atoms with Crippen LogP contribution >= 0.6 is 11.3 Å². The Balaban J connectivity index is 1.35. The molecule has 0 aliphatic carbocycles. The number of hydrogen-bond acceptors (Lipinski definition) is 6. The van der Waals surface area contributed by atoms with E-state index in [4.69, 9.17) is 13.9 Å². The zero-order valence-electron chi connectivity index (χ0n) is 13.0. The molecule has 1 saturated heterocycles. The van der Waals surface area contributed by atoms with Crippen LogP contribution < -0.4 is 4.74 Å². The lowest BCUT2D eigenvalue weighted by Crippen LogP contribution is -2.18. The van der Waals surface area contributed by atoms with Crippen molar-refractivity contribution < 1.29 is 13.9 Å². The van der Waals surface area contributed by atoms with Crippen molar-refractivity contribution in [1.29, 1.82) is 0 Å². The monoisotopic (exact) mass is 340 g/mol. The summed E-state index contributed by atoms with van der Waals surface area (Å²) in [5, 5.41) is 3.62. The van der Waals surface area contributed by atoms with Crippen LogP contribution in [0.2, 0.25) is 0 Å². The molecular formula is C18H16N2O3S. The largest absolute Gasteiger partial charge is 0.459 e. The lowest BCUT2D eigenvalue weighted by molar-refractivity contribution is 0.173. The molecule has 2 aliphatic rings. The molecule has 0 saturated carbocycles. The van der Waals surface area contributed by atoms with Crippen molar-refractivity contribution in [2.45, 2.75) is 6.54 Å². The topological polar surface area (TPSA) is 47.7 Å². The average molecular weight is 340 g/mol. The Morgan fingerprint density at radius 3 is 3.21 bits per heavy atom. The molecule has 0 spiro atoms. The quantitative estimate of drug-likeness (QED) is 0.718. The summed E-state index contributed by atoms with van der Waals surface area (Å²) < 4.78 is 17.2. The number of benzene rings is 1. The standard InChI is InChI=1S/C18H16N2O3S/c1-2-15(23-18-19-3-4-24-18)6-17-12(1)5-16(22-17)9-20-7-13-10-21-11-14(13)8-20/h1-7,14H,8-11H2. The molecule has 1 unspecified atom stereocenters. The molecule has 2 aromatic heterocycles. The van der Waals surface area contributed by atoms with E-state index in [9.17, 15) is 0 Å². The van der Waals surface area contributed by atoms with Gasteiger partial charge < -0.3 is 18.8 Å². The zero-order chi connectivity index (χ0) is 15.9. The molecule has 0 bridgehead atoms. The van der Waals surface area contributed by atoms with Gasteiger partial charge in [-0.15, -0.1) is 0 Å². The van der Waals surface area contributed by atoms with Crippen LogP contribution in [0.25, 0.3) is 11.0 Å². The van der Waals surface area contributed by atoms with Gasteiger partial charge in [-0.3, -0.25) is 0 Å². The predicted molar refractivity (Wildman–Crippen MR) is 91.2 cm³/mol. The third kappa shape index (κ3) is 2.57. The van der Waals surface area contributed by atoms with Crippen molar-refractivity contribution in [1.82, 2.24) is 9.88 Å². The maximum atomic E-state index is 6.01. The van der Waals surface area contributed by atoms with Crippen molar-refractivity contribution in [3.63, 3.8) is 0 Å². The minimum absolute atomic E-state index is 0.563. The predicted octanol–water partition coefficient (Wildman–Crippen LogP) is 4.03. The third-order valence-electron chi connectivity index (χ3n) is 4.43. The van der Waals surface area contributed by atoms with Crippen molar-refractivity contribution in [3.8, 4) is 10.9 Å². The van der Waals surface area contributed by atoms with E-state index in [1.165, 1.54) is 16.9 Å². The highest BCUT2D eigenvalue weighted by Crippen LogP contribution is 2.31. The molecule has 1 aromatic carbocycles. The van der Waals surface area contributed by atoms with Crippen molar-refractivity contribution in [2.75, 3.05) is 19.8 Å². The minimum Gasteiger partial charge on any atom is -0.459 e. The van der Waals surface area contributed by atoms with Crippen LogP contribution in [0, 0.1) is 5.92 Å². The van der Waals surface area contributed by atoms with Gasteiger partial charge in [0.2, 0.25) is 0 Å². The van der Waals surface area contributed by atoms with Crippen LogP contribution in [0.4, 0.5) is 0 Å². The Kier molecular flexibility index (Phi) is 3.31. The van der Waals surface area contributed by atoms with Crippen LogP contribution in [0.5, 0.6) is 10.9 Å². The summed E-state index contributed by atoms with van der Waals surface area (Å²) >= 11 is 1.47. The van der Waals surface area contributed by atoms with Gasteiger partial charge in [-0.25, -0.2) is 4.98 Å². The van der Waals surface area contributed by atoms with Gasteiger partial charge in [-0.2, -0.15) is 0 Å². The number of nitrogens with zero attached hydrogens (tertiary/aromatic N) is 2. The van der Waals surface area contributed by atoms with E-state index < -0.39 is 0 Å². The number of ether oxygens (including phenoxy) is 2. The molecule has 1 fully saturated rings. The fourth-order valence-electron chi connectivity index (χ4n) is 3.31. The number of furan rings is 1. The van der Waals surface area contributed by atoms with E-state index in [1.807, 2.05) is 23.6 Å². The Bertz CT molecular complexity index is 900. The highest BCUT2D eigenvalue weighted by atomic mass is 32.1. The molecule has 6 heteroatoms. The number of fused-ring (bicyclic) bond motifs is 2. The Labute approximate surface area is 143 Å². The molecule has 4 heterocycles. The first-order valence-electron chi connectivity index (χ1n) is 7.96.